The molecule has 0 aromatic carbocycles. The lowest BCUT2D eigenvalue weighted by Gasteiger charge is -2.25. The van der Waals surface area contributed by atoms with Crippen molar-refractivity contribution in [2.24, 2.45) is 5.92 Å². The Labute approximate surface area is 139 Å². The molecule has 2 amide bonds. The summed E-state index contributed by atoms with van der Waals surface area (Å²) in [5, 5.41) is 6.60. The average molecular weight is 338 g/mol. The van der Waals surface area contributed by atoms with Crippen molar-refractivity contribution >= 4 is 23.6 Å². The van der Waals surface area contributed by atoms with Crippen molar-refractivity contribution in [1.82, 2.24) is 20.4 Å². The fourth-order valence-corrected chi connectivity index (χ4v) is 4.30. The summed E-state index contributed by atoms with van der Waals surface area (Å²) in [6.07, 6.45) is 4.68. The standard InChI is InChI=1S/C15H22N4O3S/c1-10-17-13(22-18-10)6-7-16-14(20)12-8-23-9-19(12)15(21)11-4-2-3-5-11/h11-12H,2-9H2,1H3,(H,16,20)/t12-/m0/s1. The highest BCUT2D eigenvalue weighted by atomic mass is 32.2. The van der Waals surface area contributed by atoms with E-state index < -0.39 is 0 Å². The molecule has 3 rings (SSSR count). The minimum Gasteiger partial charge on any atom is -0.354 e. The summed E-state index contributed by atoms with van der Waals surface area (Å²) in [6, 6.07) is -0.350. The number of aromatic nitrogens is 2. The fraction of sp³-hybridized carbons (Fsp3) is 0.733. The number of rotatable bonds is 5. The third kappa shape index (κ3) is 3.85. The SMILES string of the molecule is Cc1noc(CCNC(=O)[C@@H]2CSCN2C(=O)C2CCCC2)n1. The molecule has 1 aromatic heterocycles. The zero-order chi connectivity index (χ0) is 16.2. The van der Waals surface area contributed by atoms with Gasteiger partial charge in [-0.25, -0.2) is 0 Å². The summed E-state index contributed by atoms with van der Waals surface area (Å²) in [5.74, 6) is 2.58. The van der Waals surface area contributed by atoms with Crippen LogP contribution in [0.1, 0.15) is 37.4 Å². The zero-order valence-corrected chi connectivity index (χ0v) is 14.1. The van der Waals surface area contributed by atoms with Gasteiger partial charge in [0.05, 0.1) is 5.88 Å². The van der Waals surface area contributed by atoms with E-state index in [0.29, 0.717) is 36.3 Å². The minimum absolute atomic E-state index is 0.0856. The summed E-state index contributed by atoms with van der Waals surface area (Å²) >= 11 is 1.64. The van der Waals surface area contributed by atoms with Crippen molar-refractivity contribution in [3.8, 4) is 0 Å². The number of aryl methyl sites for hydroxylation is 1. The molecular weight excluding hydrogens is 316 g/mol. The Hall–Kier alpha value is -1.57. The predicted octanol–water partition coefficient (Wildman–Crippen LogP) is 1.13. The van der Waals surface area contributed by atoms with E-state index in [1.807, 2.05) is 0 Å². The number of carbonyl (C=O) groups is 2. The smallest absolute Gasteiger partial charge is 0.243 e. The Morgan fingerprint density at radius 3 is 2.87 bits per heavy atom. The number of nitrogens with one attached hydrogen (secondary N) is 1. The van der Waals surface area contributed by atoms with Gasteiger partial charge in [-0.2, -0.15) is 4.98 Å². The lowest BCUT2D eigenvalue weighted by molar-refractivity contribution is -0.141. The van der Waals surface area contributed by atoms with Crippen LogP contribution in [0.4, 0.5) is 0 Å². The molecule has 1 aliphatic carbocycles. The van der Waals surface area contributed by atoms with Crippen LogP contribution in [0.3, 0.4) is 0 Å². The maximum Gasteiger partial charge on any atom is 0.243 e. The second-order valence-electron chi connectivity index (χ2n) is 6.08. The van der Waals surface area contributed by atoms with Crippen molar-refractivity contribution in [3.63, 3.8) is 0 Å². The number of nitrogens with zero attached hydrogens (tertiary/aromatic N) is 3. The van der Waals surface area contributed by atoms with Crippen LogP contribution >= 0.6 is 11.8 Å². The van der Waals surface area contributed by atoms with E-state index >= 15 is 0 Å². The Balaban J connectivity index is 1.50. The summed E-state index contributed by atoms with van der Waals surface area (Å²) in [6.45, 7) is 2.20. The molecule has 0 spiro atoms. The lowest BCUT2D eigenvalue weighted by Crippen LogP contribution is -2.49. The van der Waals surface area contributed by atoms with Gasteiger partial charge in [0.25, 0.3) is 0 Å². The van der Waals surface area contributed by atoms with Gasteiger partial charge in [-0.05, 0) is 19.8 Å². The summed E-state index contributed by atoms with van der Waals surface area (Å²) in [7, 11) is 0. The predicted molar refractivity (Wildman–Crippen MR) is 85.7 cm³/mol. The molecule has 2 heterocycles. The summed E-state index contributed by atoms with van der Waals surface area (Å²) in [5.41, 5.74) is 0. The van der Waals surface area contributed by atoms with E-state index in [-0.39, 0.29) is 23.8 Å². The molecule has 1 N–H and O–H groups in total. The van der Waals surface area contributed by atoms with E-state index in [1.54, 1.807) is 23.6 Å². The van der Waals surface area contributed by atoms with E-state index in [1.165, 1.54) is 0 Å². The fourth-order valence-electron chi connectivity index (χ4n) is 3.14. The summed E-state index contributed by atoms with van der Waals surface area (Å²) in [4.78, 5) is 30.8. The van der Waals surface area contributed by atoms with Crippen molar-refractivity contribution in [3.05, 3.63) is 11.7 Å². The molecule has 1 aromatic rings. The first-order valence-corrected chi connectivity index (χ1v) is 9.26. The molecule has 0 unspecified atom stereocenters. The first-order chi connectivity index (χ1) is 11.1. The monoisotopic (exact) mass is 338 g/mol. The molecule has 0 radical (unpaired) electrons. The van der Waals surface area contributed by atoms with Gasteiger partial charge in [-0.3, -0.25) is 9.59 Å². The number of amides is 2. The molecule has 7 nitrogen and oxygen atoms in total. The van der Waals surface area contributed by atoms with Crippen molar-refractivity contribution in [2.45, 2.75) is 45.1 Å². The van der Waals surface area contributed by atoms with Gasteiger partial charge in [0.15, 0.2) is 5.82 Å². The van der Waals surface area contributed by atoms with Crippen LogP contribution in [0.25, 0.3) is 0 Å². The maximum atomic E-state index is 12.6. The van der Waals surface area contributed by atoms with E-state index in [9.17, 15) is 9.59 Å². The largest absolute Gasteiger partial charge is 0.354 e. The highest BCUT2D eigenvalue weighted by molar-refractivity contribution is 7.99. The molecule has 2 fully saturated rings. The van der Waals surface area contributed by atoms with Crippen LogP contribution in [-0.4, -0.2) is 51.1 Å². The van der Waals surface area contributed by atoms with Gasteiger partial charge < -0.3 is 14.7 Å². The van der Waals surface area contributed by atoms with Gasteiger partial charge in [-0.1, -0.05) is 18.0 Å². The van der Waals surface area contributed by atoms with Gasteiger partial charge >= 0.3 is 0 Å². The number of thioether (sulfide) groups is 1. The topological polar surface area (TPSA) is 88.3 Å². The molecule has 1 atom stereocenters. The Kier molecular flexibility index (Phi) is 5.20. The van der Waals surface area contributed by atoms with Gasteiger partial charge in [0.2, 0.25) is 17.7 Å². The third-order valence-corrected chi connectivity index (χ3v) is 5.39. The van der Waals surface area contributed by atoms with Crippen LogP contribution in [0.15, 0.2) is 4.52 Å². The number of hydrogen-bond donors (Lipinski definition) is 1. The van der Waals surface area contributed by atoms with E-state index in [2.05, 4.69) is 15.5 Å². The van der Waals surface area contributed by atoms with Crippen molar-refractivity contribution in [1.29, 1.82) is 0 Å². The first kappa shape index (κ1) is 16.3. The molecule has 0 bridgehead atoms. The van der Waals surface area contributed by atoms with Crippen LogP contribution in [0.2, 0.25) is 0 Å². The molecule has 23 heavy (non-hydrogen) atoms. The Bertz CT molecular complexity index is 571. The molecule has 8 heteroatoms. The van der Waals surface area contributed by atoms with Crippen LogP contribution in [0.5, 0.6) is 0 Å². The normalized spacial score (nSPS) is 21.8. The van der Waals surface area contributed by atoms with Crippen LogP contribution in [0, 0.1) is 12.8 Å². The van der Waals surface area contributed by atoms with E-state index in [0.717, 1.165) is 25.7 Å². The van der Waals surface area contributed by atoms with Crippen LogP contribution in [-0.2, 0) is 16.0 Å². The maximum absolute atomic E-state index is 12.6. The zero-order valence-electron chi connectivity index (χ0n) is 13.3. The minimum atomic E-state index is -0.350. The molecule has 1 saturated heterocycles. The number of carbonyl (C=O) groups excluding carboxylic acids is 2. The second-order valence-corrected chi connectivity index (χ2v) is 7.08. The Morgan fingerprint density at radius 1 is 1.39 bits per heavy atom. The lowest BCUT2D eigenvalue weighted by atomic mass is 10.1. The van der Waals surface area contributed by atoms with Gasteiger partial charge in [0.1, 0.15) is 6.04 Å². The first-order valence-electron chi connectivity index (χ1n) is 8.10. The van der Waals surface area contributed by atoms with Gasteiger partial charge in [0, 0.05) is 24.6 Å². The summed E-state index contributed by atoms with van der Waals surface area (Å²) < 4.78 is 5.02. The molecule has 1 saturated carbocycles. The second kappa shape index (κ2) is 7.33. The van der Waals surface area contributed by atoms with E-state index in [4.69, 9.17) is 4.52 Å². The molecule has 126 valence electrons. The Morgan fingerprint density at radius 2 is 2.17 bits per heavy atom. The third-order valence-electron chi connectivity index (χ3n) is 4.38. The molecule has 1 aliphatic heterocycles. The van der Waals surface area contributed by atoms with Crippen molar-refractivity contribution < 1.29 is 14.1 Å². The number of hydrogen-bond acceptors (Lipinski definition) is 6. The van der Waals surface area contributed by atoms with Crippen LogP contribution < -0.4 is 5.32 Å². The highest BCUT2D eigenvalue weighted by Gasteiger charge is 2.38. The van der Waals surface area contributed by atoms with Gasteiger partial charge in [-0.15, -0.1) is 11.8 Å². The highest BCUT2D eigenvalue weighted by Crippen LogP contribution is 2.30. The molecular formula is C15H22N4O3S. The quantitative estimate of drug-likeness (QED) is 0.866. The van der Waals surface area contributed by atoms with Crippen molar-refractivity contribution in [2.75, 3.05) is 18.2 Å². The average Bonchev–Trinajstić information content (AvgIpc) is 3.28. The molecule has 2 aliphatic rings.